The number of aliphatic hydroxyl groups is 1. The molecule has 8 heavy (non-hydrogen) atoms. The predicted octanol–water partition coefficient (Wildman–Crippen LogP) is 1.18. The summed E-state index contributed by atoms with van der Waals surface area (Å²) in [5.41, 5.74) is -0.417. The molecule has 1 radical (unpaired) electrons. The van der Waals surface area contributed by atoms with Crippen LogP contribution in [0.15, 0.2) is 23.0 Å². The molecule has 0 saturated heterocycles. The summed E-state index contributed by atoms with van der Waals surface area (Å²) in [6, 6.07) is 0. The van der Waals surface area contributed by atoms with Crippen LogP contribution in [0.2, 0.25) is 0 Å². The summed E-state index contributed by atoms with van der Waals surface area (Å²) in [5, 5.41) is 12.9. The SMILES string of the molecule is [CH2]C(O)[SH]1C=CC=C1. The molecule has 1 aliphatic rings. The van der Waals surface area contributed by atoms with Crippen molar-refractivity contribution < 1.29 is 5.11 Å². The van der Waals surface area contributed by atoms with Crippen molar-refractivity contribution >= 4 is 10.9 Å². The molecule has 0 aromatic rings. The van der Waals surface area contributed by atoms with Crippen LogP contribution in [-0.4, -0.2) is 10.5 Å². The van der Waals surface area contributed by atoms with Crippen molar-refractivity contribution in [2.75, 3.05) is 0 Å². The molecule has 45 valence electrons. The fourth-order valence-corrected chi connectivity index (χ4v) is 1.64. The molecule has 1 N–H and O–H groups in total. The van der Waals surface area contributed by atoms with Gasteiger partial charge in [0.05, 0.1) is 5.44 Å². The van der Waals surface area contributed by atoms with Crippen molar-refractivity contribution in [1.29, 1.82) is 0 Å². The summed E-state index contributed by atoms with van der Waals surface area (Å²) in [7, 11) is -0.421. The van der Waals surface area contributed by atoms with E-state index in [2.05, 4.69) is 6.92 Å². The number of hydrogen-bond acceptors (Lipinski definition) is 1. The maximum Gasteiger partial charge on any atom is 0.0884 e. The van der Waals surface area contributed by atoms with E-state index in [0.717, 1.165) is 0 Å². The molecule has 2 heteroatoms. The molecule has 1 nitrogen and oxygen atoms in total. The highest BCUT2D eigenvalue weighted by Gasteiger charge is 2.03. The summed E-state index contributed by atoms with van der Waals surface area (Å²) in [4.78, 5) is 0. The van der Waals surface area contributed by atoms with Gasteiger partial charge in [0, 0.05) is 0 Å². The molecule has 1 atom stereocenters. The van der Waals surface area contributed by atoms with Gasteiger partial charge in [-0.3, -0.25) is 0 Å². The van der Waals surface area contributed by atoms with Crippen LogP contribution in [0.1, 0.15) is 0 Å². The zero-order chi connectivity index (χ0) is 5.98. The Balaban J connectivity index is 2.49. The van der Waals surface area contributed by atoms with E-state index < -0.39 is 16.3 Å². The standard InChI is InChI=1S/C6H9OS/c1-6(7)8-4-2-3-5-8/h2-8H,1H2. The van der Waals surface area contributed by atoms with Crippen molar-refractivity contribution in [1.82, 2.24) is 0 Å². The quantitative estimate of drug-likeness (QED) is 0.509. The van der Waals surface area contributed by atoms with E-state index in [1.807, 2.05) is 23.0 Å². The highest BCUT2D eigenvalue weighted by Crippen LogP contribution is 2.35. The topological polar surface area (TPSA) is 20.2 Å². The van der Waals surface area contributed by atoms with Crippen LogP contribution in [0.3, 0.4) is 0 Å². The van der Waals surface area contributed by atoms with Crippen LogP contribution in [-0.2, 0) is 0 Å². The minimum absolute atomic E-state index is 0.417. The predicted molar refractivity (Wildman–Crippen MR) is 38.6 cm³/mol. The van der Waals surface area contributed by atoms with Gasteiger partial charge in [0.25, 0.3) is 0 Å². The molecule has 0 fully saturated rings. The number of thiol groups is 1. The third-order valence-electron chi connectivity index (χ3n) is 0.972. The van der Waals surface area contributed by atoms with Gasteiger partial charge in [-0.2, -0.15) is 10.9 Å². The van der Waals surface area contributed by atoms with Crippen molar-refractivity contribution in [3.63, 3.8) is 0 Å². The summed E-state index contributed by atoms with van der Waals surface area (Å²) >= 11 is 0. The number of allylic oxidation sites excluding steroid dienone is 2. The second-order valence-electron chi connectivity index (χ2n) is 1.61. The number of rotatable bonds is 1. The fourth-order valence-electron chi connectivity index (χ4n) is 0.547. The van der Waals surface area contributed by atoms with Crippen molar-refractivity contribution in [3.05, 3.63) is 29.9 Å². The Morgan fingerprint density at radius 3 is 2.12 bits per heavy atom. The third kappa shape index (κ3) is 1.14. The largest absolute Gasteiger partial charge is 0.384 e. The summed E-state index contributed by atoms with van der Waals surface area (Å²) in [6.07, 6.45) is 3.89. The Morgan fingerprint density at radius 2 is 1.88 bits per heavy atom. The van der Waals surface area contributed by atoms with Gasteiger partial charge in [0.1, 0.15) is 0 Å². The minimum atomic E-state index is -0.421. The lowest BCUT2D eigenvalue weighted by atomic mass is 10.6. The normalized spacial score (nSPS) is 24.5. The molecule has 0 bridgehead atoms. The minimum Gasteiger partial charge on any atom is -0.384 e. The molecule has 1 heterocycles. The lowest BCUT2D eigenvalue weighted by Gasteiger charge is -2.11. The summed E-state index contributed by atoms with van der Waals surface area (Å²) in [6.45, 7) is 3.50. The van der Waals surface area contributed by atoms with E-state index in [9.17, 15) is 0 Å². The molecule has 0 saturated carbocycles. The first-order valence-corrected chi connectivity index (χ1v) is 3.99. The van der Waals surface area contributed by atoms with Crippen LogP contribution in [0, 0.1) is 6.92 Å². The first-order valence-electron chi connectivity index (χ1n) is 2.44. The first kappa shape index (κ1) is 5.92. The van der Waals surface area contributed by atoms with E-state index in [1.54, 1.807) is 0 Å². The van der Waals surface area contributed by atoms with Crippen LogP contribution in [0.5, 0.6) is 0 Å². The van der Waals surface area contributed by atoms with Gasteiger partial charge in [-0.05, 0) is 17.7 Å². The lowest BCUT2D eigenvalue weighted by molar-refractivity contribution is 0.307. The smallest absolute Gasteiger partial charge is 0.0884 e. The second-order valence-corrected chi connectivity index (χ2v) is 3.70. The Labute approximate surface area is 52.1 Å². The maximum atomic E-state index is 8.87. The molecule has 0 aromatic carbocycles. The Bertz CT molecular complexity index is 114. The zero-order valence-electron chi connectivity index (χ0n) is 4.49. The summed E-state index contributed by atoms with van der Waals surface area (Å²) < 4.78 is 0. The lowest BCUT2D eigenvalue weighted by Crippen LogP contribution is -1.94. The average molecular weight is 129 g/mol. The van der Waals surface area contributed by atoms with E-state index in [0.29, 0.717) is 0 Å². The third-order valence-corrected chi connectivity index (χ3v) is 2.69. The number of hydrogen-bond donors (Lipinski definition) is 2. The Morgan fingerprint density at radius 1 is 1.38 bits per heavy atom. The highest BCUT2D eigenvalue weighted by atomic mass is 32.2. The van der Waals surface area contributed by atoms with Crippen molar-refractivity contribution in [3.8, 4) is 0 Å². The van der Waals surface area contributed by atoms with Gasteiger partial charge < -0.3 is 5.11 Å². The highest BCUT2D eigenvalue weighted by molar-refractivity contribution is 8.22. The van der Waals surface area contributed by atoms with E-state index >= 15 is 0 Å². The molecule has 0 aromatic heterocycles. The molecule has 0 amide bonds. The van der Waals surface area contributed by atoms with Gasteiger partial charge in [0.2, 0.25) is 0 Å². The average Bonchev–Trinajstić information content (AvgIpc) is 2.12. The van der Waals surface area contributed by atoms with Gasteiger partial charge in [0.15, 0.2) is 0 Å². The van der Waals surface area contributed by atoms with Gasteiger partial charge in [-0.15, -0.1) is 0 Å². The van der Waals surface area contributed by atoms with Crippen molar-refractivity contribution in [2.24, 2.45) is 0 Å². The first-order chi connectivity index (χ1) is 3.80. The van der Waals surface area contributed by atoms with Crippen LogP contribution in [0.25, 0.3) is 0 Å². The monoisotopic (exact) mass is 129 g/mol. The Kier molecular flexibility index (Phi) is 1.76. The van der Waals surface area contributed by atoms with Gasteiger partial charge in [-0.25, -0.2) is 0 Å². The molecule has 1 aliphatic heterocycles. The zero-order valence-corrected chi connectivity index (χ0v) is 5.38. The summed E-state index contributed by atoms with van der Waals surface area (Å²) in [5.74, 6) is 0. The van der Waals surface area contributed by atoms with Gasteiger partial charge >= 0.3 is 0 Å². The van der Waals surface area contributed by atoms with Gasteiger partial charge in [-0.1, -0.05) is 12.2 Å². The molecular formula is C6H9OS. The van der Waals surface area contributed by atoms with Crippen molar-refractivity contribution in [2.45, 2.75) is 5.44 Å². The molecule has 1 unspecified atom stereocenters. The molecule has 0 aliphatic carbocycles. The maximum absolute atomic E-state index is 8.87. The Hall–Kier alpha value is -0.210. The number of aliphatic hydroxyl groups excluding tert-OH is 1. The van der Waals surface area contributed by atoms with Crippen LogP contribution < -0.4 is 0 Å². The van der Waals surface area contributed by atoms with Crippen LogP contribution >= 0.6 is 10.9 Å². The molecular weight excluding hydrogens is 120 g/mol. The van der Waals surface area contributed by atoms with E-state index in [1.165, 1.54) is 0 Å². The van der Waals surface area contributed by atoms with Crippen LogP contribution in [0.4, 0.5) is 0 Å². The molecule has 1 rings (SSSR count). The van der Waals surface area contributed by atoms with E-state index in [4.69, 9.17) is 5.11 Å². The molecule has 0 spiro atoms. The van der Waals surface area contributed by atoms with E-state index in [-0.39, 0.29) is 0 Å². The fraction of sp³-hybridized carbons (Fsp3) is 0.167. The second kappa shape index (κ2) is 2.37.